The van der Waals surface area contributed by atoms with Crippen LogP contribution in [0.25, 0.3) is 0 Å². The molecular formula is C21H26N2O3S. The first-order valence-corrected chi connectivity index (χ1v) is 10.5. The molecule has 0 saturated carbocycles. The maximum atomic E-state index is 13.0. The zero-order valence-electron chi connectivity index (χ0n) is 15.6. The third kappa shape index (κ3) is 4.82. The molecule has 2 heterocycles. The highest BCUT2D eigenvalue weighted by Crippen LogP contribution is 2.34. The standard InChI is InChI=1S/C21H26N2O3S/c1-27-19-18(9-5-12-22-19)20(25)23-13-6-10-21(15-23,16-24)11-14-26-17-7-3-2-4-8-17/h2-5,7-9,12,24H,6,10-11,13-16H2,1H3/t21-/m1/s1. The smallest absolute Gasteiger partial charge is 0.256 e. The van der Waals surface area contributed by atoms with Crippen molar-refractivity contribution in [2.45, 2.75) is 24.3 Å². The fraction of sp³-hybridized carbons (Fsp3) is 0.429. The Kier molecular flexibility index (Phi) is 6.74. The van der Waals surface area contributed by atoms with Crippen LogP contribution in [0.1, 0.15) is 29.6 Å². The van der Waals surface area contributed by atoms with Crippen molar-refractivity contribution >= 4 is 17.7 Å². The lowest BCUT2D eigenvalue weighted by atomic mass is 9.78. The summed E-state index contributed by atoms with van der Waals surface area (Å²) in [6.45, 7) is 1.83. The van der Waals surface area contributed by atoms with Gasteiger partial charge in [0.05, 0.1) is 18.8 Å². The van der Waals surface area contributed by atoms with Crippen molar-refractivity contribution < 1.29 is 14.6 Å². The SMILES string of the molecule is CSc1ncccc1C(=O)N1CCC[C@@](CO)(CCOc2ccccc2)C1. The number of aliphatic hydroxyl groups is 1. The molecule has 144 valence electrons. The number of nitrogens with zero attached hydrogens (tertiary/aromatic N) is 2. The minimum Gasteiger partial charge on any atom is -0.494 e. The van der Waals surface area contributed by atoms with E-state index in [1.54, 1.807) is 12.3 Å². The molecule has 0 spiro atoms. The minimum atomic E-state index is -0.315. The summed E-state index contributed by atoms with van der Waals surface area (Å²) in [5, 5.41) is 10.8. The largest absolute Gasteiger partial charge is 0.494 e. The molecular weight excluding hydrogens is 360 g/mol. The first-order valence-electron chi connectivity index (χ1n) is 9.24. The molecule has 1 aromatic heterocycles. The summed E-state index contributed by atoms with van der Waals surface area (Å²) in [7, 11) is 0. The quantitative estimate of drug-likeness (QED) is 0.738. The lowest BCUT2D eigenvalue weighted by Crippen LogP contribution is -2.48. The van der Waals surface area contributed by atoms with Gasteiger partial charge in [-0.2, -0.15) is 0 Å². The van der Waals surface area contributed by atoms with E-state index in [0.29, 0.717) is 31.7 Å². The van der Waals surface area contributed by atoms with Gasteiger partial charge in [-0.1, -0.05) is 18.2 Å². The number of carbonyl (C=O) groups is 1. The highest BCUT2D eigenvalue weighted by molar-refractivity contribution is 7.98. The predicted molar refractivity (Wildman–Crippen MR) is 107 cm³/mol. The Labute approximate surface area is 164 Å². The van der Waals surface area contributed by atoms with Crippen LogP contribution >= 0.6 is 11.8 Å². The fourth-order valence-corrected chi connectivity index (χ4v) is 4.12. The summed E-state index contributed by atoms with van der Waals surface area (Å²) in [5.74, 6) is 0.822. The molecule has 1 aliphatic rings. The van der Waals surface area contributed by atoms with Crippen molar-refractivity contribution in [3.8, 4) is 5.75 Å². The van der Waals surface area contributed by atoms with E-state index in [2.05, 4.69) is 4.98 Å². The Morgan fingerprint density at radius 3 is 2.85 bits per heavy atom. The van der Waals surface area contributed by atoms with Gasteiger partial charge in [0.1, 0.15) is 10.8 Å². The molecule has 0 radical (unpaired) electrons. The number of aromatic nitrogens is 1. The summed E-state index contributed by atoms with van der Waals surface area (Å²) < 4.78 is 5.82. The van der Waals surface area contributed by atoms with Crippen LogP contribution < -0.4 is 4.74 Å². The summed E-state index contributed by atoms with van der Waals surface area (Å²) >= 11 is 1.48. The molecule has 27 heavy (non-hydrogen) atoms. The van der Waals surface area contributed by atoms with Gasteiger partial charge >= 0.3 is 0 Å². The minimum absolute atomic E-state index is 0.00560. The van der Waals surface area contributed by atoms with E-state index >= 15 is 0 Å². The van der Waals surface area contributed by atoms with E-state index in [-0.39, 0.29) is 17.9 Å². The maximum Gasteiger partial charge on any atom is 0.256 e. The van der Waals surface area contributed by atoms with Crippen molar-refractivity contribution in [2.75, 3.05) is 32.6 Å². The molecule has 0 aliphatic carbocycles. The van der Waals surface area contributed by atoms with Crippen LogP contribution in [0.15, 0.2) is 53.7 Å². The summed E-state index contributed by atoms with van der Waals surface area (Å²) in [5.41, 5.74) is 0.323. The lowest BCUT2D eigenvalue weighted by molar-refractivity contribution is 0.0154. The van der Waals surface area contributed by atoms with Gasteiger partial charge in [-0.05, 0) is 49.8 Å². The Bertz CT molecular complexity index is 756. The molecule has 1 atom stereocenters. The predicted octanol–water partition coefficient (Wildman–Crippen LogP) is 3.49. The molecule has 0 bridgehead atoms. The van der Waals surface area contributed by atoms with Crippen molar-refractivity contribution in [2.24, 2.45) is 5.41 Å². The zero-order chi connectivity index (χ0) is 19.1. The van der Waals surface area contributed by atoms with Crippen molar-refractivity contribution in [3.63, 3.8) is 0 Å². The van der Waals surface area contributed by atoms with E-state index in [1.807, 2.05) is 47.6 Å². The molecule has 1 fully saturated rings. The van der Waals surface area contributed by atoms with Crippen molar-refractivity contribution in [1.82, 2.24) is 9.88 Å². The average Bonchev–Trinajstić information content (AvgIpc) is 2.74. The Hall–Kier alpha value is -2.05. The van der Waals surface area contributed by atoms with Crippen LogP contribution in [-0.4, -0.2) is 53.5 Å². The number of ether oxygens (including phenoxy) is 1. The molecule has 2 aromatic rings. The second-order valence-corrected chi connectivity index (χ2v) is 7.76. The number of thioether (sulfide) groups is 1. The second kappa shape index (κ2) is 9.24. The number of amides is 1. The number of aliphatic hydroxyl groups excluding tert-OH is 1. The van der Waals surface area contributed by atoms with Crippen LogP contribution in [-0.2, 0) is 0 Å². The number of carbonyl (C=O) groups excluding carboxylic acids is 1. The number of para-hydroxylation sites is 1. The lowest BCUT2D eigenvalue weighted by Gasteiger charge is -2.42. The van der Waals surface area contributed by atoms with Gasteiger partial charge < -0.3 is 14.7 Å². The zero-order valence-corrected chi connectivity index (χ0v) is 16.5. The molecule has 1 amide bonds. The van der Waals surface area contributed by atoms with Gasteiger partial charge in [0.15, 0.2) is 0 Å². The number of hydrogen-bond donors (Lipinski definition) is 1. The van der Waals surface area contributed by atoms with Crippen LogP contribution in [0, 0.1) is 5.41 Å². The van der Waals surface area contributed by atoms with Crippen molar-refractivity contribution in [3.05, 3.63) is 54.2 Å². The third-order valence-corrected chi connectivity index (χ3v) is 5.84. The number of likely N-dealkylation sites (tertiary alicyclic amines) is 1. The monoisotopic (exact) mass is 386 g/mol. The molecule has 3 rings (SSSR count). The Morgan fingerprint density at radius 2 is 2.11 bits per heavy atom. The average molecular weight is 387 g/mol. The van der Waals surface area contributed by atoms with E-state index in [4.69, 9.17) is 4.74 Å². The van der Waals surface area contributed by atoms with Gasteiger partial charge in [-0.3, -0.25) is 4.79 Å². The van der Waals surface area contributed by atoms with E-state index < -0.39 is 0 Å². The topological polar surface area (TPSA) is 62.7 Å². The number of pyridine rings is 1. The first-order chi connectivity index (χ1) is 13.2. The molecule has 1 N–H and O–H groups in total. The van der Waals surface area contributed by atoms with E-state index in [9.17, 15) is 9.90 Å². The summed E-state index contributed by atoms with van der Waals surface area (Å²) in [4.78, 5) is 19.2. The molecule has 6 heteroatoms. The van der Waals surface area contributed by atoms with Gasteiger partial charge in [0, 0.05) is 24.7 Å². The van der Waals surface area contributed by atoms with Gasteiger partial charge in [0.25, 0.3) is 5.91 Å². The highest BCUT2D eigenvalue weighted by Gasteiger charge is 2.37. The molecule has 1 aliphatic heterocycles. The molecule has 1 saturated heterocycles. The number of rotatable bonds is 7. The third-order valence-electron chi connectivity index (χ3n) is 5.12. The van der Waals surface area contributed by atoms with Crippen LogP contribution in [0.5, 0.6) is 5.75 Å². The Balaban J connectivity index is 1.66. The number of benzene rings is 1. The van der Waals surface area contributed by atoms with Gasteiger partial charge in [0.2, 0.25) is 0 Å². The van der Waals surface area contributed by atoms with Crippen molar-refractivity contribution in [1.29, 1.82) is 0 Å². The van der Waals surface area contributed by atoms with Crippen LogP contribution in [0.3, 0.4) is 0 Å². The first kappa shape index (κ1) is 19.7. The number of piperidine rings is 1. The highest BCUT2D eigenvalue weighted by atomic mass is 32.2. The molecule has 1 aromatic carbocycles. The van der Waals surface area contributed by atoms with E-state index in [0.717, 1.165) is 23.6 Å². The second-order valence-electron chi connectivity index (χ2n) is 6.96. The van der Waals surface area contributed by atoms with Gasteiger partial charge in [-0.15, -0.1) is 11.8 Å². The van der Waals surface area contributed by atoms with Crippen LogP contribution in [0.4, 0.5) is 0 Å². The van der Waals surface area contributed by atoms with Crippen LogP contribution in [0.2, 0.25) is 0 Å². The Morgan fingerprint density at radius 1 is 1.30 bits per heavy atom. The maximum absolute atomic E-state index is 13.0. The summed E-state index contributed by atoms with van der Waals surface area (Å²) in [6.07, 6.45) is 6.12. The summed E-state index contributed by atoms with van der Waals surface area (Å²) in [6, 6.07) is 13.3. The molecule has 5 nitrogen and oxygen atoms in total. The molecule has 0 unspecified atom stereocenters. The normalized spacial score (nSPS) is 19.7. The fourth-order valence-electron chi connectivity index (χ4n) is 3.58. The number of hydrogen-bond acceptors (Lipinski definition) is 5. The van der Waals surface area contributed by atoms with Gasteiger partial charge in [-0.25, -0.2) is 4.98 Å². The van der Waals surface area contributed by atoms with E-state index in [1.165, 1.54) is 11.8 Å².